The third-order valence-corrected chi connectivity index (χ3v) is 7.36. The molecule has 10 nitrogen and oxygen atoms in total. The zero-order valence-corrected chi connectivity index (χ0v) is 18.6. The van der Waals surface area contributed by atoms with Gasteiger partial charge in [0.2, 0.25) is 10.0 Å². The number of sulfonamides is 1. The molecule has 0 saturated heterocycles. The summed E-state index contributed by atoms with van der Waals surface area (Å²) in [5, 5.41) is 11.1. The molecule has 0 bridgehead atoms. The molecule has 2 aromatic carbocycles. The summed E-state index contributed by atoms with van der Waals surface area (Å²) in [7, 11) is 0.777. The Morgan fingerprint density at radius 2 is 1.90 bits per heavy atom. The number of nitrogens with zero attached hydrogens (tertiary/aromatic N) is 4. The maximum absolute atomic E-state index is 12.7. The molecule has 0 spiro atoms. The van der Waals surface area contributed by atoms with Crippen LogP contribution in [0.1, 0.15) is 10.4 Å². The molecule has 1 amide bonds. The monoisotopic (exact) mass is 464 g/mol. The molecule has 0 unspecified atom stereocenters. The third-order valence-electron chi connectivity index (χ3n) is 4.47. The fourth-order valence-electron chi connectivity index (χ4n) is 2.79. The first-order valence-electron chi connectivity index (χ1n) is 9.03. The summed E-state index contributed by atoms with van der Waals surface area (Å²) in [6, 6.07) is 9.96. The minimum atomic E-state index is -3.60. The van der Waals surface area contributed by atoms with Crippen molar-refractivity contribution in [2.75, 3.05) is 27.8 Å². The van der Waals surface area contributed by atoms with Gasteiger partial charge in [0, 0.05) is 45.4 Å². The van der Waals surface area contributed by atoms with Gasteiger partial charge in [-0.15, -0.1) is 0 Å². The van der Waals surface area contributed by atoms with Gasteiger partial charge < -0.3 is 9.30 Å². The first kappa shape index (κ1) is 22.7. The van der Waals surface area contributed by atoms with Crippen molar-refractivity contribution in [3.63, 3.8) is 0 Å². The van der Waals surface area contributed by atoms with Gasteiger partial charge in [0.05, 0.1) is 26.6 Å². The second-order valence-corrected chi connectivity index (χ2v) is 9.83. The lowest BCUT2D eigenvalue weighted by molar-refractivity contribution is -0.384. The molecule has 0 saturated carbocycles. The van der Waals surface area contributed by atoms with Crippen molar-refractivity contribution in [1.29, 1.82) is 0 Å². The molecule has 1 heterocycles. The van der Waals surface area contributed by atoms with Crippen LogP contribution in [0.3, 0.4) is 0 Å². The Balaban J connectivity index is 2.04. The second kappa shape index (κ2) is 9.06. The average molecular weight is 465 g/mol. The number of methoxy groups -OCH3 is 1. The van der Waals surface area contributed by atoms with E-state index in [1.54, 1.807) is 10.6 Å². The van der Waals surface area contributed by atoms with Gasteiger partial charge in [0.15, 0.2) is 4.80 Å². The molecule has 3 aromatic rings. The van der Waals surface area contributed by atoms with E-state index < -0.39 is 20.9 Å². The minimum absolute atomic E-state index is 0.0629. The first-order chi connectivity index (χ1) is 14.6. The van der Waals surface area contributed by atoms with E-state index in [0.717, 1.165) is 9.01 Å². The highest BCUT2D eigenvalue weighted by molar-refractivity contribution is 7.89. The number of ether oxygens (including phenoxy) is 1. The number of fused-ring (bicyclic) bond motifs is 1. The van der Waals surface area contributed by atoms with Crippen LogP contribution in [0.4, 0.5) is 5.69 Å². The zero-order valence-electron chi connectivity index (χ0n) is 17.0. The summed E-state index contributed by atoms with van der Waals surface area (Å²) in [4.78, 5) is 28.0. The SMILES string of the molecule is COCCn1c(=NC(=O)c2ccc(S(=O)(=O)N(C)C)cc2)sc2ccc([N+](=O)[O-])cc21. The molecule has 1 aromatic heterocycles. The number of non-ortho nitro benzene ring substituents is 1. The Morgan fingerprint density at radius 3 is 2.48 bits per heavy atom. The Hall–Kier alpha value is -2.93. The molecule has 3 rings (SSSR count). The van der Waals surface area contributed by atoms with E-state index >= 15 is 0 Å². The van der Waals surface area contributed by atoms with Crippen LogP contribution in [0, 0.1) is 10.1 Å². The average Bonchev–Trinajstić information content (AvgIpc) is 3.08. The number of carbonyl (C=O) groups excluding carboxylic acids is 1. The molecule has 0 fully saturated rings. The summed E-state index contributed by atoms with van der Waals surface area (Å²) in [6.45, 7) is 0.677. The lowest BCUT2D eigenvalue weighted by Crippen LogP contribution is -2.22. The van der Waals surface area contributed by atoms with Crippen molar-refractivity contribution >= 4 is 43.2 Å². The predicted octanol–water partition coefficient (Wildman–Crippen LogP) is 2.25. The number of carbonyl (C=O) groups is 1. The highest BCUT2D eigenvalue weighted by atomic mass is 32.2. The van der Waals surface area contributed by atoms with Crippen LogP contribution in [-0.4, -0.2) is 55.9 Å². The van der Waals surface area contributed by atoms with Crippen LogP contribution in [0.15, 0.2) is 52.4 Å². The molecule has 0 radical (unpaired) electrons. The zero-order chi connectivity index (χ0) is 22.8. The van der Waals surface area contributed by atoms with Gasteiger partial charge in [-0.25, -0.2) is 12.7 Å². The molecule has 0 aliphatic rings. The number of hydrogen-bond acceptors (Lipinski definition) is 7. The first-order valence-corrected chi connectivity index (χ1v) is 11.3. The van der Waals surface area contributed by atoms with Crippen molar-refractivity contribution < 1.29 is 22.9 Å². The topological polar surface area (TPSA) is 124 Å². The summed E-state index contributed by atoms with van der Waals surface area (Å²) < 4.78 is 33.0. The van der Waals surface area contributed by atoms with E-state index in [9.17, 15) is 23.3 Å². The number of nitro groups is 1. The number of amides is 1. The number of nitro benzene ring substituents is 1. The van der Waals surface area contributed by atoms with Crippen molar-refractivity contribution in [3.05, 3.63) is 62.9 Å². The molecule has 0 N–H and O–H groups in total. The van der Waals surface area contributed by atoms with Crippen molar-refractivity contribution in [2.24, 2.45) is 4.99 Å². The molecular weight excluding hydrogens is 444 g/mol. The highest BCUT2D eigenvalue weighted by Crippen LogP contribution is 2.23. The molecular formula is C19H20N4O6S2. The van der Waals surface area contributed by atoms with Crippen LogP contribution < -0.4 is 4.80 Å². The molecule has 12 heteroatoms. The smallest absolute Gasteiger partial charge is 0.279 e. The second-order valence-electron chi connectivity index (χ2n) is 6.67. The van der Waals surface area contributed by atoms with Crippen LogP contribution in [0.5, 0.6) is 0 Å². The van der Waals surface area contributed by atoms with Crippen LogP contribution >= 0.6 is 11.3 Å². The Labute approximate surface area is 182 Å². The number of hydrogen-bond donors (Lipinski definition) is 0. The lowest BCUT2D eigenvalue weighted by Gasteiger charge is -2.11. The fourth-order valence-corrected chi connectivity index (χ4v) is 4.72. The van der Waals surface area contributed by atoms with Gasteiger partial charge in [0.25, 0.3) is 11.6 Å². The van der Waals surface area contributed by atoms with E-state index in [-0.39, 0.29) is 16.1 Å². The van der Waals surface area contributed by atoms with Crippen LogP contribution in [-0.2, 0) is 21.3 Å². The van der Waals surface area contributed by atoms with Crippen molar-refractivity contribution in [2.45, 2.75) is 11.4 Å². The molecule has 0 aliphatic heterocycles. The quantitative estimate of drug-likeness (QED) is 0.390. The summed E-state index contributed by atoms with van der Waals surface area (Å²) in [5.41, 5.74) is 0.738. The summed E-state index contributed by atoms with van der Waals surface area (Å²) >= 11 is 1.22. The Bertz CT molecular complexity index is 1310. The predicted molar refractivity (Wildman–Crippen MR) is 116 cm³/mol. The van der Waals surface area contributed by atoms with Crippen molar-refractivity contribution in [1.82, 2.24) is 8.87 Å². The Kier molecular flexibility index (Phi) is 6.65. The maximum Gasteiger partial charge on any atom is 0.279 e. The Morgan fingerprint density at radius 1 is 1.23 bits per heavy atom. The van der Waals surface area contributed by atoms with E-state index in [4.69, 9.17) is 4.74 Å². The van der Waals surface area contributed by atoms with E-state index in [0.29, 0.717) is 23.5 Å². The maximum atomic E-state index is 12.7. The molecule has 0 atom stereocenters. The summed E-state index contributed by atoms with van der Waals surface area (Å²) in [5.74, 6) is -0.555. The van der Waals surface area contributed by atoms with Gasteiger partial charge in [-0.2, -0.15) is 4.99 Å². The van der Waals surface area contributed by atoms with Crippen LogP contribution in [0.25, 0.3) is 10.2 Å². The van der Waals surface area contributed by atoms with Gasteiger partial charge in [-0.05, 0) is 30.3 Å². The number of thiazole rings is 1. The third kappa shape index (κ3) is 4.71. The molecule has 0 aliphatic carbocycles. The minimum Gasteiger partial charge on any atom is -0.383 e. The van der Waals surface area contributed by atoms with Gasteiger partial charge in [-0.1, -0.05) is 11.3 Å². The normalized spacial score (nSPS) is 12.6. The van der Waals surface area contributed by atoms with Gasteiger partial charge in [-0.3, -0.25) is 14.9 Å². The fraction of sp³-hybridized carbons (Fsp3) is 0.263. The van der Waals surface area contributed by atoms with E-state index in [1.165, 1.54) is 68.9 Å². The lowest BCUT2D eigenvalue weighted by atomic mass is 10.2. The molecule has 31 heavy (non-hydrogen) atoms. The number of rotatable bonds is 7. The van der Waals surface area contributed by atoms with E-state index in [2.05, 4.69) is 4.99 Å². The van der Waals surface area contributed by atoms with Crippen molar-refractivity contribution in [3.8, 4) is 0 Å². The van der Waals surface area contributed by atoms with E-state index in [1.807, 2.05) is 0 Å². The summed E-state index contributed by atoms with van der Waals surface area (Å²) in [6.07, 6.45) is 0. The standard InChI is InChI=1S/C19H20N4O6S2/c1-21(2)31(27,28)15-7-4-13(5-8-15)18(24)20-19-22(10-11-29-3)16-12-14(23(25)26)6-9-17(16)30-19/h4-9,12H,10-11H2,1-3H3. The highest BCUT2D eigenvalue weighted by Gasteiger charge is 2.18. The van der Waals surface area contributed by atoms with Gasteiger partial charge in [0.1, 0.15) is 0 Å². The van der Waals surface area contributed by atoms with Crippen LogP contribution in [0.2, 0.25) is 0 Å². The number of aromatic nitrogens is 1. The van der Waals surface area contributed by atoms with Gasteiger partial charge >= 0.3 is 0 Å². The molecule has 164 valence electrons. The number of benzene rings is 2. The largest absolute Gasteiger partial charge is 0.383 e.